The van der Waals surface area contributed by atoms with Gasteiger partial charge in [0.15, 0.2) is 0 Å². The Morgan fingerprint density at radius 1 is 0.528 bits per heavy atom. The maximum absolute atomic E-state index is 10.7. The van der Waals surface area contributed by atoms with Crippen molar-refractivity contribution in [2.45, 2.75) is 129 Å². The molecular formula is C24H50N4O6S2. The molecule has 0 unspecified atom stereocenters. The lowest BCUT2D eigenvalue weighted by molar-refractivity contribution is -0.962. The van der Waals surface area contributed by atoms with Gasteiger partial charge in [0.25, 0.3) is 0 Å². The second-order valence-corrected chi connectivity index (χ2v) is 13.5. The molecule has 0 atom stereocenters. The van der Waals surface area contributed by atoms with Crippen LogP contribution in [0.1, 0.15) is 83.1 Å². The molecule has 1 aromatic rings. The third-order valence-electron chi connectivity index (χ3n) is 5.68. The molecule has 10 nitrogen and oxygen atoms in total. The van der Waals surface area contributed by atoms with E-state index >= 15 is 0 Å². The Bertz CT molecular complexity index is 890. The molecule has 36 heavy (non-hydrogen) atoms. The normalized spacial score (nSPS) is 12.6. The molecule has 12 heteroatoms. The highest BCUT2D eigenvalue weighted by atomic mass is 32.2. The highest BCUT2D eigenvalue weighted by Gasteiger charge is 2.20. The first-order valence-electron chi connectivity index (χ1n) is 12.3. The molecule has 0 aromatic heterocycles. The number of nitrogen functional groups attached to an aromatic ring is 2. The predicted molar refractivity (Wildman–Crippen MR) is 144 cm³/mol. The summed E-state index contributed by atoms with van der Waals surface area (Å²) >= 11 is 0. The maximum atomic E-state index is 10.7. The summed E-state index contributed by atoms with van der Waals surface area (Å²) in [4.78, 5) is 1.41. The Kier molecular flexibility index (Phi) is 15.4. The minimum atomic E-state index is -4.97. The molecule has 0 bridgehead atoms. The summed E-state index contributed by atoms with van der Waals surface area (Å²) in [5.74, 6) is 0. The number of anilines is 2. The molecule has 0 aliphatic carbocycles. The first-order valence-corrected chi connectivity index (χ1v) is 15.1. The van der Waals surface area contributed by atoms with E-state index in [1.807, 2.05) is 0 Å². The third-order valence-corrected chi connectivity index (χ3v) is 7.47. The van der Waals surface area contributed by atoms with E-state index in [-0.39, 0.29) is 0 Å². The maximum Gasteiger partial charge on any atom is 0.126 e. The fourth-order valence-electron chi connectivity index (χ4n) is 5.03. The molecule has 0 amide bonds. The zero-order chi connectivity index (χ0) is 29.3. The average Bonchev–Trinajstić information content (AvgIpc) is 2.57. The highest BCUT2D eigenvalue weighted by molar-refractivity contribution is 7.86. The number of quaternary nitrogens is 2. The fraction of sp³-hybridized carbons (Fsp3) is 0.750. The standard InChI is InChI=1S/2C9H21N.C6H8N2O6S2/c2*1-7(2)10(8(3)4)9(5)6;7-3-1-4(8)6(16(12,13)14)2-5(3)15(9,10)11/h2*7-9H,1-6H3;1-2H,7-8H2,(H,9,10,11)(H,12,13,14). The Balaban J connectivity index is 0. The molecule has 0 fully saturated rings. The fourth-order valence-corrected chi connectivity index (χ4v) is 6.32. The van der Waals surface area contributed by atoms with Crippen molar-refractivity contribution in [1.29, 1.82) is 0 Å². The van der Waals surface area contributed by atoms with E-state index in [0.29, 0.717) is 6.07 Å². The van der Waals surface area contributed by atoms with Crippen molar-refractivity contribution in [3.63, 3.8) is 0 Å². The van der Waals surface area contributed by atoms with Crippen LogP contribution in [-0.2, 0) is 20.2 Å². The van der Waals surface area contributed by atoms with Crippen LogP contribution in [0.2, 0.25) is 0 Å². The smallest absolute Gasteiger partial charge is 0.126 e. The Hall–Kier alpha value is -1.44. The Labute approximate surface area is 219 Å². The van der Waals surface area contributed by atoms with E-state index in [1.165, 1.54) is 0 Å². The molecule has 0 aliphatic heterocycles. The van der Waals surface area contributed by atoms with Gasteiger partial charge in [0.1, 0.15) is 20.2 Å². The molecular weight excluding hydrogens is 504 g/mol. The van der Waals surface area contributed by atoms with Crippen molar-refractivity contribution in [3.05, 3.63) is 12.1 Å². The van der Waals surface area contributed by atoms with Crippen LogP contribution in [0.25, 0.3) is 0 Å². The monoisotopic (exact) mass is 554 g/mol. The zero-order valence-electron chi connectivity index (χ0n) is 24.0. The van der Waals surface area contributed by atoms with Gasteiger partial charge in [-0.05, 0) is 95.2 Å². The van der Waals surface area contributed by atoms with Crippen molar-refractivity contribution < 1.29 is 35.7 Å². The highest BCUT2D eigenvalue weighted by Crippen LogP contribution is 2.27. The number of hydrogen-bond acceptors (Lipinski definition) is 8. The van der Waals surface area contributed by atoms with Crippen molar-refractivity contribution in [2.75, 3.05) is 11.5 Å². The number of nitrogens with two attached hydrogens (primary N) is 2. The van der Waals surface area contributed by atoms with Crippen LogP contribution in [0.3, 0.4) is 0 Å². The summed E-state index contributed by atoms with van der Waals surface area (Å²) in [7, 11) is -9.93. The summed E-state index contributed by atoms with van der Waals surface area (Å²) in [6.45, 7) is 27.4. The van der Waals surface area contributed by atoms with E-state index in [4.69, 9.17) is 11.5 Å². The van der Waals surface area contributed by atoms with Crippen molar-refractivity contribution >= 4 is 31.6 Å². The molecule has 1 aromatic carbocycles. The largest absolute Gasteiger partial charge is 0.744 e. The zero-order valence-corrected chi connectivity index (χ0v) is 25.7. The van der Waals surface area contributed by atoms with Gasteiger partial charge in [-0.1, -0.05) is 0 Å². The first-order chi connectivity index (χ1) is 16.0. The van der Waals surface area contributed by atoms with Crippen LogP contribution < -0.4 is 21.3 Å². The molecule has 214 valence electrons. The first kappa shape index (κ1) is 36.7. The van der Waals surface area contributed by atoms with E-state index in [0.717, 1.165) is 42.3 Å². The molecule has 0 heterocycles. The number of benzene rings is 1. The van der Waals surface area contributed by atoms with Crippen LogP contribution >= 0.6 is 0 Å². The topological polar surface area (TPSA) is 175 Å². The average molecular weight is 555 g/mol. The van der Waals surface area contributed by atoms with Crippen LogP contribution in [0.4, 0.5) is 11.4 Å². The van der Waals surface area contributed by atoms with E-state index in [9.17, 15) is 25.9 Å². The van der Waals surface area contributed by atoms with Gasteiger partial charge in [-0.2, -0.15) is 0 Å². The molecule has 0 radical (unpaired) electrons. The van der Waals surface area contributed by atoms with Gasteiger partial charge in [-0.15, -0.1) is 0 Å². The van der Waals surface area contributed by atoms with Gasteiger partial charge >= 0.3 is 0 Å². The third kappa shape index (κ3) is 12.7. The van der Waals surface area contributed by atoms with Crippen molar-refractivity contribution in [1.82, 2.24) is 0 Å². The molecule has 0 aliphatic rings. The van der Waals surface area contributed by atoms with Crippen LogP contribution in [-0.4, -0.2) is 62.2 Å². The van der Waals surface area contributed by atoms with Gasteiger partial charge in [-0.3, -0.25) is 0 Å². The number of nitrogens with one attached hydrogen (secondary N) is 2. The molecule has 1 rings (SSSR count). The minimum Gasteiger partial charge on any atom is -0.744 e. The van der Waals surface area contributed by atoms with Gasteiger partial charge < -0.3 is 30.4 Å². The Morgan fingerprint density at radius 3 is 0.833 bits per heavy atom. The summed E-state index contributed by atoms with van der Waals surface area (Å²) in [6, 6.07) is 5.59. The molecule has 0 saturated heterocycles. The summed E-state index contributed by atoms with van der Waals surface area (Å²) in [5.41, 5.74) is 9.30. The number of hydrogen-bond donors (Lipinski definition) is 4. The van der Waals surface area contributed by atoms with E-state index in [1.54, 1.807) is 9.80 Å². The van der Waals surface area contributed by atoms with Gasteiger partial charge in [0.05, 0.1) is 57.4 Å². The van der Waals surface area contributed by atoms with E-state index in [2.05, 4.69) is 83.1 Å². The minimum absolute atomic E-state index is 0.356. The van der Waals surface area contributed by atoms with Crippen LogP contribution in [0, 0.1) is 0 Å². The Morgan fingerprint density at radius 2 is 0.722 bits per heavy atom. The summed E-state index contributed by atoms with van der Waals surface area (Å²) < 4.78 is 64.0. The van der Waals surface area contributed by atoms with Crippen LogP contribution in [0.5, 0.6) is 0 Å². The summed E-state index contributed by atoms with van der Waals surface area (Å²) in [6.07, 6.45) is 0. The van der Waals surface area contributed by atoms with Crippen molar-refractivity contribution in [3.8, 4) is 0 Å². The lowest BCUT2D eigenvalue weighted by Gasteiger charge is -2.31. The lowest BCUT2D eigenvalue weighted by atomic mass is 10.2. The van der Waals surface area contributed by atoms with Crippen LogP contribution in [0.15, 0.2) is 21.9 Å². The number of rotatable bonds is 8. The van der Waals surface area contributed by atoms with Gasteiger partial charge in [0.2, 0.25) is 0 Å². The molecule has 0 spiro atoms. The lowest BCUT2D eigenvalue weighted by Crippen LogP contribution is -3.20. The SMILES string of the molecule is CC(C)[NH+](C(C)C)C(C)C.CC(C)[NH+](C(C)C)C(C)C.Nc1cc(N)c(S(=O)(=O)[O-])cc1S(=O)(=O)[O-]. The second-order valence-electron chi connectivity index (χ2n) is 10.8. The van der Waals surface area contributed by atoms with Crippen molar-refractivity contribution in [2.24, 2.45) is 0 Å². The van der Waals surface area contributed by atoms with Gasteiger partial charge in [-0.25, -0.2) is 16.8 Å². The predicted octanol–water partition coefficient (Wildman–Crippen LogP) is 0.852. The van der Waals surface area contributed by atoms with Gasteiger partial charge in [0, 0.05) is 0 Å². The second kappa shape index (κ2) is 15.1. The van der Waals surface area contributed by atoms with E-state index < -0.39 is 41.4 Å². The quantitative estimate of drug-likeness (QED) is 0.270. The molecule has 6 N–H and O–H groups in total. The molecule has 0 saturated carbocycles. The summed E-state index contributed by atoms with van der Waals surface area (Å²) in [5, 5.41) is 0.